The van der Waals surface area contributed by atoms with E-state index >= 15 is 0 Å². The number of benzene rings is 2. The van der Waals surface area contributed by atoms with Crippen molar-refractivity contribution >= 4 is 26.8 Å². The Morgan fingerprint density at radius 2 is 2.00 bits per heavy atom. The van der Waals surface area contributed by atoms with Gasteiger partial charge in [-0.3, -0.25) is 4.90 Å². The summed E-state index contributed by atoms with van der Waals surface area (Å²) in [5.41, 5.74) is 5.29. The van der Waals surface area contributed by atoms with Gasteiger partial charge < -0.3 is 4.98 Å². The highest BCUT2D eigenvalue weighted by molar-refractivity contribution is 9.10. The van der Waals surface area contributed by atoms with Crippen molar-refractivity contribution in [3.63, 3.8) is 0 Å². The minimum absolute atomic E-state index is 0.356. The van der Waals surface area contributed by atoms with Crippen LogP contribution in [0.25, 0.3) is 10.9 Å². The fourth-order valence-corrected chi connectivity index (χ4v) is 4.21. The number of aromatic amines is 1. The summed E-state index contributed by atoms with van der Waals surface area (Å²) >= 11 is 3.71. The summed E-state index contributed by atoms with van der Waals surface area (Å²) < 4.78 is 1.16. The molecule has 3 aromatic rings. The van der Waals surface area contributed by atoms with Crippen molar-refractivity contribution in [1.29, 1.82) is 0 Å². The zero-order chi connectivity index (χ0) is 15.8. The first-order chi connectivity index (χ1) is 11.3. The quantitative estimate of drug-likeness (QED) is 0.629. The molecule has 0 radical (unpaired) electrons. The van der Waals surface area contributed by atoms with E-state index in [9.17, 15) is 0 Å². The minimum atomic E-state index is 0.356. The largest absolute Gasteiger partial charge is 0.357 e. The Hall–Kier alpha value is -1.84. The molecule has 116 valence electrons. The average Bonchev–Trinajstić information content (AvgIpc) is 2.94. The lowest BCUT2D eigenvalue weighted by atomic mass is 9.91. The van der Waals surface area contributed by atoms with Crippen molar-refractivity contribution in [2.75, 3.05) is 6.54 Å². The molecule has 1 atom stereocenters. The predicted octanol–water partition coefficient (Wildman–Crippen LogP) is 5.22. The van der Waals surface area contributed by atoms with Crippen molar-refractivity contribution in [3.8, 4) is 0 Å². The van der Waals surface area contributed by atoms with Gasteiger partial charge in [0.15, 0.2) is 0 Å². The second-order valence-corrected chi connectivity index (χ2v) is 7.03. The van der Waals surface area contributed by atoms with E-state index in [2.05, 4.69) is 87.0 Å². The van der Waals surface area contributed by atoms with Gasteiger partial charge in [-0.05, 0) is 23.3 Å². The molecular weight excluding hydrogens is 348 g/mol. The minimum Gasteiger partial charge on any atom is -0.357 e. The summed E-state index contributed by atoms with van der Waals surface area (Å²) in [5.74, 6) is 0.356. The van der Waals surface area contributed by atoms with Crippen LogP contribution in [0, 0.1) is 0 Å². The molecule has 1 unspecified atom stereocenters. The van der Waals surface area contributed by atoms with Gasteiger partial charge in [-0.25, -0.2) is 0 Å². The molecule has 1 aromatic heterocycles. The van der Waals surface area contributed by atoms with E-state index in [4.69, 9.17) is 0 Å². The summed E-state index contributed by atoms with van der Waals surface area (Å²) in [6, 6.07) is 17.0. The van der Waals surface area contributed by atoms with Crippen molar-refractivity contribution in [1.82, 2.24) is 9.88 Å². The Morgan fingerprint density at radius 1 is 1.17 bits per heavy atom. The molecule has 4 rings (SSSR count). The molecular formula is C20H19BrN2. The average molecular weight is 367 g/mol. The molecule has 0 saturated carbocycles. The Bertz CT molecular complexity index is 851. The first-order valence-corrected chi connectivity index (χ1v) is 8.73. The maximum Gasteiger partial charge on any atom is 0.0471 e. The smallest absolute Gasteiger partial charge is 0.0471 e. The molecule has 3 heteroatoms. The Balaban J connectivity index is 1.73. The molecule has 0 fully saturated rings. The van der Waals surface area contributed by atoms with Crippen LogP contribution in [-0.4, -0.2) is 16.4 Å². The second kappa shape index (κ2) is 5.99. The van der Waals surface area contributed by atoms with Crippen LogP contribution in [0.1, 0.15) is 22.7 Å². The first kappa shape index (κ1) is 14.7. The SMILES string of the molecule is C=CC1CN(Cc2ccccc2)Cc2[nH]c3cccc(Br)c3c21. The third-order valence-corrected chi connectivity index (χ3v) is 5.30. The van der Waals surface area contributed by atoms with Crippen LogP contribution in [0.3, 0.4) is 0 Å². The molecule has 1 aliphatic rings. The van der Waals surface area contributed by atoms with Gasteiger partial charge in [0.1, 0.15) is 0 Å². The Morgan fingerprint density at radius 3 is 2.78 bits per heavy atom. The number of nitrogens with one attached hydrogen (secondary N) is 1. The van der Waals surface area contributed by atoms with Gasteiger partial charge in [-0.15, -0.1) is 6.58 Å². The van der Waals surface area contributed by atoms with Crippen molar-refractivity contribution < 1.29 is 0 Å². The third-order valence-electron chi connectivity index (χ3n) is 4.63. The molecule has 0 bridgehead atoms. The fourth-order valence-electron chi connectivity index (χ4n) is 3.63. The third kappa shape index (κ3) is 2.64. The normalized spacial score (nSPS) is 18.0. The van der Waals surface area contributed by atoms with E-state index in [-0.39, 0.29) is 0 Å². The number of hydrogen-bond acceptors (Lipinski definition) is 1. The van der Waals surface area contributed by atoms with Gasteiger partial charge in [0.05, 0.1) is 0 Å². The van der Waals surface area contributed by atoms with Crippen LogP contribution >= 0.6 is 15.9 Å². The highest BCUT2D eigenvalue weighted by atomic mass is 79.9. The molecule has 0 spiro atoms. The summed E-state index contributed by atoms with van der Waals surface area (Å²) in [7, 11) is 0. The van der Waals surface area contributed by atoms with Crippen LogP contribution in [0.5, 0.6) is 0 Å². The molecule has 1 N–H and O–H groups in total. The van der Waals surface area contributed by atoms with Gasteiger partial charge in [-0.2, -0.15) is 0 Å². The fraction of sp³-hybridized carbons (Fsp3) is 0.200. The lowest BCUT2D eigenvalue weighted by Gasteiger charge is -2.31. The Kier molecular flexibility index (Phi) is 3.83. The summed E-state index contributed by atoms with van der Waals surface area (Å²) in [6.45, 7) is 7.03. The molecule has 2 nitrogen and oxygen atoms in total. The van der Waals surface area contributed by atoms with Crippen molar-refractivity contribution in [2.24, 2.45) is 0 Å². The molecule has 2 aromatic carbocycles. The second-order valence-electron chi connectivity index (χ2n) is 6.18. The van der Waals surface area contributed by atoms with Gasteiger partial charge in [0.25, 0.3) is 0 Å². The molecule has 1 aliphatic heterocycles. The zero-order valence-electron chi connectivity index (χ0n) is 12.9. The van der Waals surface area contributed by atoms with E-state index in [1.165, 1.54) is 27.7 Å². The van der Waals surface area contributed by atoms with E-state index in [1.807, 2.05) is 0 Å². The van der Waals surface area contributed by atoms with Crippen molar-refractivity contribution in [2.45, 2.75) is 19.0 Å². The van der Waals surface area contributed by atoms with Crippen LogP contribution in [0.2, 0.25) is 0 Å². The zero-order valence-corrected chi connectivity index (χ0v) is 14.5. The van der Waals surface area contributed by atoms with Crippen LogP contribution in [-0.2, 0) is 13.1 Å². The lowest BCUT2D eigenvalue weighted by molar-refractivity contribution is 0.232. The van der Waals surface area contributed by atoms with Gasteiger partial charge in [0.2, 0.25) is 0 Å². The van der Waals surface area contributed by atoms with Crippen LogP contribution < -0.4 is 0 Å². The van der Waals surface area contributed by atoms with Gasteiger partial charge in [-0.1, -0.05) is 58.4 Å². The van der Waals surface area contributed by atoms with Crippen LogP contribution in [0.15, 0.2) is 65.7 Å². The lowest BCUT2D eigenvalue weighted by Crippen LogP contribution is -2.32. The molecule has 23 heavy (non-hydrogen) atoms. The molecule has 0 amide bonds. The number of H-pyrrole nitrogens is 1. The number of aromatic nitrogens is 1. The van der Waals surface area contributed by atoms with E-state index in [0.29, 0.717) is 5.92 Å². The first-order valence-electron chi connectivity index (χ1n) is 7.94. The summed E-state index contributed by atoms with van der Waals surface area (Å²) in [6.07, 6.45) is 2.09. The monoisotopic (exact) mass is 366 g/mol. The standard InChI is InChI=1S/C20H19BrN2/c1-2-15-12-23(11-14-7-4-3-5-8-14)13-18-19(15)20-16(21)9-6-10-17(20)22-18/h2-10,15,22H,1,11-13H2. The highest BCUT2D eigenvalue weighted by Gasteiger charge is 2.27. The highest BCUT2D eigenvalue weighted by Crippen LogP contribution is 2.38. The Labute approximate surface area is 145 Å². The number of hydrogen-bond donors (Lipinski definition) is 1. The van der Waals surface area contributed by atoms with Gasteiger partial charge in [0, 0.05) is 46.6 Å². The van der Waals surface area contributed by atoms with E-state index in [1.54, 1.807) is 0 Å². The topological polar surface area (TPSA) is 19.0 Å². The van der Waals surface area contributed by atoms with E-state index < -0.39 is 0 Å². The number of rotatable bonds is 3. The molecule has 2 heterocycles. The molecule has 0 saturated heterocycles. The summed E-state index contributed by atoms with van der Waals surface area (Å²) in [5, 5.41) is 1.31. The summed E-state index contributed by atoms with van der Waals surface area (Å²) in [4.78, 5) is 6.11. The van der Waals surface area contributed by atoms with Crippen molar-refractivity contribution in [3.05, 3.63) is 82.5 Å². The number of halogens is 1. The predicted molar refractivity (Wildman–Crippen MR) is 99.5 cm³/mol. The van der Waals surface area contributed by atoms with E-state index in [0.717, 1.165) is 24.1 Å². The van der Waals surface area contributed by atoms with Crippen LogP contribution in [0.4, 0.5) is 0 Å². The number of nitrogens with zero attached hydrogens (tertiary/aromatic N) is 1. The van der Waals surface area contributed by atoms with Gasteiger partial charge >= 0.3 is 0 Å². The number of fused-ring (bicyclic) bond motifs is 3. The molecule has 0 aliphatic carbocycles. The maximum atomic E-state index is 4.08. The maximum absolute atomic E-state index is 4.08.